The molecule has 1 nitrogen and oxygen atoms in total. The van der Waals surface area contributed by atoms with Gasteiger partial charge >= 0.3 is 0 Å². The number of aliphatic hydroxyl groups is 1. The first kappa shape index (κ1) is 9.79. The molecule has 0 bridgehead atoms. The summed E-state index contributed by atoms with van der Waals surface area (Å²) < 4.78 is 0. The van der Waals surface area contributed by atoms with Crippen LogP contribution >= 0.6 is 0 Å². The fourth-order valence-corrected chi connectivity index (χ4v) is 2.11. The fraction of sp³-hybridized carbons (Fsp3) is 0.818. The van der Waals surface area contributed by atoms with Crippen LogP contribution in [0.3, 0.4) is 0 Å². The predicted molar refractivity (Wildman–Crippen MR) is 52.0 cm³/mol. The van der Waals surface area contributed by atoms with Gasteiger partial charge in [-0.25, -0.2) is 0 Å². The molecule has 0 spiro atoms. The standard InChI is InChI=1S/C11H20O/c1-9(2)7-10-5-3-4-6-11(12)8-10/h10-12H,1,3-8H2,2H3. The van der Waals surface area contributed by atoms with E-state index in [-0.39, 0.29) is 6.10 Å². The molecule has 1 heteroatoms. The van der Waals surface area contributed by atoms with Crippen LogP contribution in [0.15, 0.2) is 12.2 Å². The number of hydrogen-bond donors (Lipinski definition) is 1. The average molecular weight is 168 g/mol. The van der Waals surface area contributed by atoms with Gasteiger partial charge in [-0.05, 0) is 32.1 Å². The highest BCUT2D eigenvalue weighted by Gasteiger charge is 2.17. The summed E-state index contributed by atoms with van der Waals surface area (Å²) >= 11 is 0. The highest BCUT2D eigenvalue weighted by Crippen LogP contribution is 2.27. The van der Waals surface area contributed by atoms with Gasteiger partial charge in [-0.2, -0.15) is 0 Å². The molecule has 0 aliphatic heterocycles. The monoisotopic (exact) mass is 168 g/mol. The molecule has 0 aromatic carbocycles. The topological polar surface area (TPSA) is 20.2 Å². The van der Waals surface area contributed by atoms with Crippen molar-refractivity contribution in [2.24, 2.45) is 5.92 Å². The summed E-state index contributed by atoms with van der Waals surface area (Å²) in [6.07, 6.45) is 6.83. The van der Waals surface area contributed by atoms with E-state index in [0.29, 0.717) is 5.92 Å². The lowest BCUT2D eigenvalue weighted by Crippen LogP contribution is -2.10. The van der Waals surface area contributed by atoms with Crippen molar-refractivity contribution in [1.29, 1.82) is 0 Å². The van der Waals surface area contributed by atoms with Crippen molar-refractivity contribution in [1.82, 2.24) is 0 Å². The van der Waals surface area contributed by atoms with Gasteiger partial charge in [0.05, 0.1) is 6.10 Å². The highest BCUT2D eigenvalue weighted by atomic mass is 16.3. The van der Waals surface area contributed by atoms with Crippen LogP contribution in [0.4, 0.5) is 0 Å². The molecule has 0 radical (unpaired) electrons. The minimum absolute atomic E-state index is 0.0446. The first-order valence-electron chi connectivity index (χ1n) is 5.01. The molecule has 1 aliphatic carbocycles. The largest absolute Gasteiger partial charge is 0.393 e. The van der Waals surface area contributed by atoms with Crippen molar-refractivity contribution in [2.45, 2.75) is 51.6 Å². The van der Waals surface area contributed by atoms with E-state index in [9.17, 15) is 5.11 Å². The molecule has 2 unspecified atom stereocenters. The predicted octanol–water partition coefficient (Wildman–Crippen LogP) is 2.89. The van der Waals surface area contributed by atoms with E-state index in [1.165, 1.54) is 24.8 Å². The van der Waals surface area contributed by atoms with Gasteiger partial charge in [-0.1, -0.05) is 24.8 Å². The SMILES string of the molecule is C=C(C)CC1CCCCC(O)C1. The third-order valence-corrected chi connectivity index (χ3v) is 2.64. The summed E-state index contributed by atoms with van der Waals surface area (Å²) in [6.45, 7) is 6.00. The Balaban J connectivity index is 2.35. The average Bonchev–Trinajstić information content (AvgIpc) is 2.12. The molecule has 12 heavy (non-hydrogen) atoms. The second-order valence-corrected chi connectivity index (χ2v) is 4.20. The Labute approximate surface area is 75.5 Å². The highest BCUT2D eigenvalue weighted by molar-refractivity contribution is 4.91. The van der Waals surface area contributed by atoms with Crippen LogP contribution in [0.1, 0.15) is 45.4 Å². The van der Waals surface area contributed by atoms with E-state index in [1.807, 2.05) is 0 Å². The first-order chi connectivity index (χ1) is 5.68. The zero-order valence-electron chi connectivity index (χ0n) is 8.05. The Morgan fingerprint density at radius 1 is 1.42 bits per heavy atom. The van der Waals surface area contributed by atoms with Gasteiger partial charge in [0.25, 0.3) is 0 Å². The van der Waals surface area contributed by atoms with Crippen molar-refractivity contribution in [2.75, 3.05) is 0 Å². The van der Waals surface area contributed by atoms with Crippen molar-refractivity contribution in [3.8, 4) is 0 Å². The molecule has 0 heterocycles. The molecule has 0 aromatic heterocycles. The molecule has 1 N–H and O–H groups in total. The van der Waals surface area contributed by atoms with Gasteiger partial charge in [0.15, 0.2) is 0 Å². The molecule has 1 fully saturated rings. The molecule has 0 saturated heterocycles. The van der Waals surface area contributed by atoms with Gasteiger partial charge < -0.3 is 5.11 Å². The third-order valence-electron chi connectivity index (χ3n) is 2.64. The molecule has 70 valence electrons. The lowest BCUT2D eigenvalue weighted by molar-refractivity contribution is 0.141. The number of aliphatic hydroxyl groups excluding tert-OH is 1. The maximum atomic E-state index is 9.54. The molecule has 2 atom stereocenters. The minimum Gasteiger partial charge on any atom is -0.393 e. The lowest BCUT2D eigenvalue weighted by atomic mass is 9.93. The second-order valence-electron chi connectivity index (χ2n) is 4.20. The first-order valence-corrected chi connectivity index (χ1v) is 5.01. The molecule has 1 saturated carbocycles. The summed E-state index contributed by atoms with van der Waals surface area (Å²) in [5.41, 5.74) is 1.26. The molecular weight excluding hydrogens is 148 g/mol. The summed E-state index contributed by atoms with van der Waals surface area (Å²) in [4.78, 5) is 0. The third kappa shape index (κ3) is 3.40. The molecule has 0 aromatic rings. The van der Waals surface area contributed by atoms with Crippen LogP contribution in [0.5, 0.6) is 0 Å². The molecule has 1 rings (SSSR count). The van der Waals surface area contributed by atoms with E-state index >= 15 is 0 Å². The maximum Gasteiger partial charge on any atom is 0.0543 e. The van der Waals surface area contributed by atoms with Crippen LogP contribution in [0.25, 0.3) is 0 Å². The van der Waals surface area contributed by atoms with Gasteiger partial charge in [-0.15, -0.1) is 6.58 Å². The van der Waals surface area contributed by atoms with Gasteiger partial charge in [0, 0.05) is 0 Å². The maximum absolute atomic E-state index is 9.54. The second kappa shape index (κ2) is 4.66. The van der Waals surface area contributed by atoms with E-state index in [1.54, 1.807) is 0 Å². The quantitative estimate of drug-likeness (QED) is 0.496. The summed E-state index contributed by atoms with van der Waals surface area (Å²) in [5, 5.41) is 9.54. The smallest absolute Gasteiger partial charge is 0.0543 e. The van der Waals surface area contributed by atoms with Crippen molar-refractivity contribution < 1.29 is 5.11 Å². The zero-order chi connectivity index (χ0) is 8.97. The number of allylic oxidation sites excluding steroid dienone is 1. The van der Waals surface area contributed by atoms with Crippen molar-refractivity contribution in [3.05, 3.63) is 12.2 Å². The Morgan fingerprint density at radius 2 is 2.08 bits per heavy atom. The van der Waals surface area contributed by atoms with E-state index in [0.717, 1.165) is 19.3 Å². The summed E-state index contributed by atoms with van der Waals surface area (Å²) in [7, 11) is 0. The van der Waals surface area contributed by atoms with Crippen LogP contribution in [-0.2, 0) is 0 Å². The Morgan fingerprint density at radius 3 is 2.75 bits per heavy atom. The molecule has 0 amide bonds. The van der Waals surface area contributed by atoms with E-state index in [2.05, 4.69) is 13.5 Å². The molecule has 1 aliphatic rings. The minimum atomic E-state index is -0.0446. The normalized spacial score (nSPS) is 31.2. The van der Waals surface area contributed by atoms with Gasteiger partial charge in [0.2, 0.25) is 0 Å². The van der Waals surface area contributed by atoms with Crippen LogP contribution in [0, 0.1) is 5.92 Å². The Hall–Kier alpha value is -0.300. The fourth-order valence-electron chi connectivity index (χ4n) is 2.11. The van der Waals surface area contributed by atoms with Crippen molar-refractivity contribution >= 4 is 0 Å². The Kier molecular flexibility index (Phi) is 3.80. The van der Waals surface area contributed by atoms with Crippen LogP contribution in [-0.4, -0.2) is 11.2 Å². The summed E-state index contributed by atoms with van der Waals surface area (Å²) in [6, 6.07) is 0. The Bertz CT molecular complexity index is 151. The molecular formula is C11H20O. The summed E-state index contributed by atoms with van der Waals surface area (Å²) in [5.74, 6) is 0.694. The van der Waals surface area contributed by atoms with Crippen LogP contribution < -0.4 is 0 Å². The zero-order valence-corrected chi connectivity index (χ0v) is 8.05. The van der Waals surface area contributed by atoms with Gasteiger partial charge in [0.1, 0.15) is 0 Å². The van der Waals surface area contributed by atoms with Crippen LogP contribution in [0.2, 0.25) is 0 Å². The van der Waals surface area contributed by atoms with E-state index in [4.69, 9.17) is 0 Å². The van der Waals surface area contributed by atoms with E-state index < -0.39 is 0 Å². The number of hydrogen-bond acceptors (Lipinski definition) is 1. The van der Waals surface area contributed by atoms with Gasteiger partial charge in [-0.3, -0.25) is 0 Å². The van der Waals surface area contributed by atoms with Crippen molar-refractivity contribution in [3.63, 3.8) is 0 Å². The lowest BCUT2D eigenvalue weighted by Gasteiger charge is -2.15. The number of rotatable bonds is 2.